The summed E-state index contributed by atoms with van der Waals surface area (Å²) in [6, 6.07) is 3.27. The molecule has 98 valence electrons. The lowest BCUT2D eigenvalue weighted by molar-refractivity contribution is -0.154. The highest BCUT2D eigenvalue weighted by atomic mass is 16.4. The van der Waals surface area contributed by atoms with Crippen molar-refractivity contribution in [2.45, 2.75) is 26.7 Å². The van der Waals surface area contributed by atoms with Crippen molar-refractivity contribution in [1.29, 1.82) is 0 Å². The van der Waals surface area contributed by atoms with Gasteiger partial charge in [0.2, 0.25) is 0 Å². The molecule has 5 heteroatoms. The molecule has 5 nitrogen and oxygen atoms in total. The highest BCUT2D eigenvalue weighted by Crippen LogP contribution is 2.25. The zero-order valence-electron chi connectivity index (χ0n) is 10.3. The van der Waals surface area contributed by atoms with Gasteiger partial charge in [-0.25, -0.2) is 0 Å². The maximum Gasteiger partial charge on any atom is 0.318 e. The number of rotatable bonds is 5. The number of hydrogen-bond donors (Lipinski definition) is 3. The number of hydrogen-bond acceptors (Lipinski definition) is 3. The number of aromatic hydroxyl groups is 1. The van der Waals surface area contributed by atoms with Gasteiger partial charge < -0.3 is 15.3 Å². The molecule has 0 bridgehead atoms. The summed E-state index contributed by atoms with van der Waals surface area (Å²) >= 11 is 0. The van der Waals surface area contributed by atoms with Gasteiger partial charge in [-0.15, -0.1) is 0 Å². The third-order valence-corrected chi connectivity index (χ3v) is 2.86. The van der Waals surface area contributed by atoms with Crippen LogP contribution in [0.3, 0.4) is 0 Å². The van der Waals surface area contributed by atoms with Crippen LogP contribution in [-0.4, -0.2) is 27.3 Å². The first-order valence-corrected chi connectivity index (χ1v) is 5.63. The second kappa shape index (κ2) is 5.53. The molecular formula is C13H16O5. The fourth-order valence-electron chi connectivity index (χ4n) is 1.84. The minimum absolute atomic E-state index is 0.0845. The summed E-state index contributed by atoms with van der Waals surface area (Å²) in [6.45, 7) is 3.57. The van der Waals surface area contributed by atoms with Crippen LogP contribution >= 0.6 is 0 Å². The van der Waals surface area contributed by atoms with Gasteiger partial charge >= 0.3 is 11.9 Å². The Hall–Kier alpha value is -2.04. The lowest BCUT2D eigenvalue weighted by atomic mass is 9.95. The summed E-state index contributed by atoms with van der Waals surface area (Å²) in [5, 5.41) is 27.4. The summed E-state index contributed by atoms with van der Waals surface area (Å²) in [5.74, 6) is -3.99. The Morgan fingerprint density at radius 3 is 2.22 bits per heavy atom. The number of carboxylic acids is 2. The van der Waals surface area contributed by atoms with Gasteiger partial charge in [0, 0.05) is 0 Å². The number of carboxylic acid groups (broad SMARTS) is 2. The average Bonchev–Trinajstić information content (AvgIpc) is 2.29. The van der Waals surface area contributed by atoms with Crippen LogP contribution in [-0.2, 0) is 22.4 Å². The van der Waals surface area contributed by atoms with Gasteiger partial charge in [0.15, 0.2) is 5.92 Å². The van der Waals surface area contributed by atoms with Gasteiger partial charge in [-0.3, -0.25) is 9.59 Å². The number of phenols is 1. The molecule has 0 radical (unpaired) electrons. The number of carbonyl (C=O) groups is 2. The first kappa shape index (κ1) is 14.0. The molecule has 0 amide bonds. The van der Waals surface area contributed by atoms with E-state index in [4.69, 9.17) is 10.2 Å². The molecule has 0 fully saturated rings. The van der Waals surface area contributed by atoms with Crippen molar-refractivity contribution in [2.75, 3.05) is 0 Å². The second-order valence-electron chi connectivity index (χ2n) is 4.21. The van der Waals surface area contributed by atoms with Gasteiger partial charge in [0.05, 0.1) is 0 Å². The van der Waals surface area contributed by atoms with Gasteiger partial charge in [0.1, 0.15) is 5.75 Å². The molecule has 0 aromatic heterocycles. The van der Waals surface area contributed by atoms with Crippen molar-refractivity contribution in [3.63, 3.8) is 0 Å². The van der Waals surface area contributed by atoms with E-state index in [9.17, 15) is 14.7 Å². The summed E-state index contributed by atoms with van der Waals surface area (Å²) in [7, 11) is 0. The van der Waals surface area contributed by atoms with Gasteiger partial charge in [0.25, 0.3) is 0 Å². The van der Waals surface area contributed by atoms with Crippen molar-refractivity contribution >= 4 is 11.9 Å². The zero-order valence-corrected chi connectivity index (χ0v) is 10.3. The van der Waals surface area contributed by atoms with E-state index in [-0.39, 0.29) is 12.2 Å². The largest absolute Gasteiger partial charge is 0.507 e. The van der Waals surface area contributed by atoms with Crippen LogP contribution < -0.4 is 0 Å². The number of phenolic OH excluding ortho intramolecular Hbond substituents is 1. The third kappa shape index (κ3) is 3.00. The predicted octanol–water partition coefficient (Wildman–Crippen LogP) is 1.59. The monoisotopic (exact) mass is 252 g/mol. The Morgan fingerprint density at radius 1 is 1.22 bits per heavy atom. The lowest BCUT2D eigenvalue weighted by Gasteiger charge is -2.11. The standard InChI is InChI=1S/C13H16O5/c1-3-9-5-8(4-7(2)11(9)14)6-10(12(15)16)13(17)18/h4-5,10,14H,3,6H2,1-2H3,(H,15,16)(H,17,18). The SMILES string of the molecule is CCc1cc(CC(C(=O)O)C(=O)O)cc(C)c1O. The first-order valence-electron chi connectivity index (χ1n) is 5.63. The number of aryl methyl sites for hydroxylation is 2. The highest BCUT2D eigenvalue weighted by Gasteiger charge is 2.26. The highest BCUT2D eigenvalue weighted by molar-refractivity contribution is 5.93. The Labute approximate surface area is 105 Å². The van der Waals surface area contributed by atoms with Crippen LogP contribution in [0.2, 0.25) is 0 Å². The minimum atomic E-state index is -1.46. The Balaban J connectivity index is 3.07. The maximum absolute atomic E-state index is 10.8. The quantitative estimate of drug-likeness (QED) is 0.692. The Kier molecular flexibility index (Phi) is 4.31. The van der Waals surface area contributed by atoms with E-state index in [2.05, 4.69) is 0 Å². The number of aliphatic carboxylic acids is 2. The Bertz CT molecular complexity index is 465. The van der Waals surface area contributed by atoms with Crippen LogP contribution in [0, 0.1) is 12.8 Å². The van der Waals surface area contributed by atoms with E-state index in [0.29, 0.717) is 23.1 Å². The van der Waals surface area contributed by atoms with Crippen molar-refractivity contribution in [3.8, 4) is 5.75 Å². The van der Waals surface area contributed by atoms with Crippen molar-refractivity contribution in [3.05, 3.63) is 28.8 Å². The molecule has 0 aliphatic heterocycles. The van der Waals surface area contributed by atoms with E-state index in [1.807, 2.05) is 6.92 Å². The molecule has 0 saturated carbocycles. The molecule has 1 rings (SSSR count). The summed E-state index contributed by atoms with van der Waals surface area (Å²) in [6.07, 6.45) is 0.518. The first-order chi connectivity index (χ1) is 8.36. The molecule has 0 heterocycles. The van der Waals surface area contributed by atoms with E-state index in [1.165, 1.54) is 0 Å². The fourth-order valence-corrected chi connectivity index (χ4v) is 1.84. The van der Waals surface area contributed by atoms with E-state index >= 15 is 0 Å². The van der Waals surface area contributed by atoms with Crippen LogP contribution in [0.1, 0.15) is 23.6 Å². The molecule has 1 aromatic carbocycles. The second-order valence-corrected chi connectivity index (χ2v) is 4.21. The van der Waals surface area contributed by atoms with Gasteiger partial charge in [-0.1, -0.05) is 19.1 Å². The smallest absolute Gasteiger partial charge is 0.318 e. The summed E-state index contributed by atoms with van der Waals surface area (Å²) in [5.41, 5.74) is 1.93. The molecule has 3 N–H and O–H groups in total. The molecular weight excluding hydrogens is 236 g/mol. The van der Waals surface area contributed by atoms with E-state index in [1.54, 1.807) is 19.1 Å². The topological polar surface area (TPSA) is 94.8 Å². The van der Waals surface area contributed by atoms with Crippen LogP contribution in [0.5, 0.6) is 5.75 Å². The zero-order chi connectivity index (χ0) is 13.9. The normalized spacial score (nSPS) is 10.6. The number of benzene rings is 1. The molecule has 1 aromatic rings. The molecule has 0 spiro atoms. The van der Waals surface area contributed by atoms with Crippen molar-refractivity contribution < 1.29 is 24.9 Å². The molecule has 0 atom stereocenters. The predicted molar refractivity (Wildman–Crippen MR) is 64.7 cm³/mol. The minimum Gasteiger partial charge on any atom is -0.507 e. The van der Waals surface area contributed by atoms with Crippen molar-refractivity contribution in [2.24, 2.45) is 5.92 Å². The van der Waals surface area contributed by atoms with Crippen LogP contribution in [0.25, 0.3) is 0 Å². The van der Waals surface area contributed by atoms with Gasteiger partial charge in [-0.05, 0) is 36.5 Å². The molecule has 18 heavy (non-hydrogen) atoms. The maximum atomic E-state index is 10.8. The molecule has 0 unspecified atom stereocenters. The average molecular weight is 252 g/mol. The van der Waals surface area contributed by atoms with E-state index in [0.717, 1.165) is 0 Å². The fraction of sp³-hybridized carbons (Fsp3) is 0.385. The van der Waals surface area contributed by atoms with Crippen LogP contribution in [0.15, 0.2) is 12.1 Å². The molecule has 0 aliphatic rings. The Morgan fingerprint density at radius 2 is 1.78 bits per heavy atom. The lowest BCUT2D eigenvalue weighted by Crippen LogP contribution is -2.25. The van der Waals surface area contributed by atoms with E-state index < -0.39 is 17.9 Å². The molecule has 0 aliphatic carbocycles. The summed E-state index contributed by atoms with van der Waals surface area (Å²) in [4.78, 5) is 21.6. The summed E-state index contributed by atoms with van der Waals surface area (Å²) < 4.78 is 0. The van der Waals surface area contributed by atoms with Gasteiger partial charge in [-0.2, -0.15) is 0 Å². The molecule has 0 saturated heterocycles. The van der Waals surface area contributed by atoms with Crippen LogP contribution in [0.4, 0.5) is 0 Å². The third-order valence-electron chi connectivity index (χ3n) is 2.86. The van der Waals surface area contributed by atoms with Crippen molar-refractivity contribution in [1.82, 2.24) is 0 Å².